The molecule has 5 nitrogen and oxygen atoms in total. The standard InChI is InChI=1S/C15H10BrCl2NO4/c16-13-5-2-10(23-13)3-6-15(21)22-8-14(20)19-12-4-1-9(17)7-11(12)18/h1-7H,8H2,(H,19,20). The SMILES string of the molecule is O=C(COC(=O)C=Cc1ccc(Br)o1)Nc1ccc(Cl)cc1Cl. The van der Waals surface area contributed by atoms with Gasteiger partial charge in [-0.25, -0.2) is 4.79 Å². The topological polar surface area (TPSA) is 68.5 Å². The predicted molar refractivity (Wildman–Crippen MR) is 91.5 cm³/mol. The van der Waals surface area contributed by atoms with Gasteiger partial charge in [-0.05, 0) is 52.3 Å². The lowest BCUT2D eigenvalue weighted by Gasteiger charge is -2.07. The number of anilines is 1. The molecule has 1 amide bonds. The molecule has 2 rings (SSSR count). The number of ether oxygens (including phenoxy) is 1. The minimum absolute atomic E-state index is 0.292. The summed E-state index contributed by atoms with van der Waals surface area (Å²) in [5, 5.41) is 3.26. The van der Waals surface area contributed by atoms with E-state index in [1.54, 1.807) is 24.3 Å². The van der Waals surface area contributed by atoms with Gasteiger partial charge in [-0.3, -0.25) is 4.79 Å². The normalized spacial score (nSPS) is 10.7. The fraction of sp³-hybridized carbons (Fsp3) is 0.0667. The lowest BCUT2D eigenvalue weighted by atomic mass is 10.3. The summed E-state index contributed by atoms with van der Waals surface area (Å²) in [5.41, 5.74) is 0.382. The Morgan fingerprint density at radius 2 is 2.04 bits per heavy atom. The maximum absolute atomic E-state index is 11.7. The molecule has 120 valence electrons. The molecule has 23 heavy (non-hydrogen) atoms. The molecule has 0 saturated heterocycles. The molecule has 2 aromatic rings. The largest absolute Gasteiger partial charge is 0.452 e. The quantitative estimate of drug-likeness (QED) is 0.571. The number of hydrogen-bond donors (Lipinski definition) is 1. The summed E-state index contributed by atoms with van der Waals surface area (Å²) in [6.07, 6.45) is 2.59. The number of carbonyl (C=O) groups excluding carboxylic acids is 2. The van der Waals surface area contributed by atoms with Crippen LogP contribution in [0.4, 0.5) is 5.69 Å². The zero-order valence-corrected chi connectivity index (χ0v) is 14.6. The molecule has 0 aliphatic carbocycles. The summed E-state index contributed by atoms with van der Waals surface area (Å²) in [5.74, 6) is -0.710. The van der Waals surface area contributed by atoms with Crippen molar-refractivity contribution >= 4 is 62.8 Å². The second-order valence-corrected chi connectivity index (χ2v) is 5.88. The average molecular weight is 419 g/mol. The third-order valence-electron chi connectivity index (χ3n) is 2.53. The van der Waals surface area contributed by atoms with Gasteiger partial charge in [0, 0.05) is 11.1 Å². The molecule has 0 radical (unpaired) electrons. The Morgan fingerprint density at radius 3 is 2.70 bits per heavy atom. The average Bonchev–Trinajstić information content (AvgIpc) is 2.91. The molecule has 8 heteroatoms. The number of amides is 1. The second-order valence-electron chi connectivity index (χ2n) is 4.26. The zero-order valence-electron chi connectivity index (χ0n) is 11.5. The van der Waals surface area contributed by atoms with Crippen molar-refractivity contribution in [3.05, 3.63) is 56.9 Å². The van der Waals surface area contributed by atoms with E-state index < -0.39 is 18.5 Å². The van der Waals surface area contributed by atoms with Crippen molar-refractivity contribution < 1.29 is 18.7 Å². The van der Waals surface area contributed by atoms with Gasteiger partial charge in [-0.2, -0.15) is 0 Å². The van der Waals surface area contributed by atoms with E-state index in [1.807, 2.05) is 0 Å². The third kappa shape index (κ3) is 5.74. The monoisotopic (exact) mass is 417 g/mol. The molecule has 1 aromatic heterocycles. The second kappa shape index (κ2) is 8.19. The maximum atomic E-state index is 11.7. The molecule has 0 aliphatic rings. The number of benzene rings is 1. The zero-order chi connectivity index (χ0) is 16.8. The summed E-state index contributed by atoms with van der Waals surface area (Å²) >= 11 is 14.8. The summed E-state index contributed by atoms with van der Waals surface area (Å²) in [7, 11) is 0. The molecule has 0 fully saturated rings. The van der Waals surface area contributed by atoms with E-state index in [2.05, 4.69) is 21.2 Å². The maximum Gasteiger partial charge on any atom is 0.331 e. The highest BCUT2D eigenvalue weighted by Gasteiger charge is 2.08. The summed E-state index contributed by atoms with van der Waals surface area (Å²) in [6, 6.07) is 7.99. The molecular formula is C15H10BrCl2NO4. The number of furan rings is 1. The number of halogens is 3. The third-order valence-corrected chi connectivity index (χ3v) is 3.50. The highest BCUT2D eigenvalue weighted by molar-refractivity contribution is 9.10. The van der Waals surface area contributed by atoms with Crippen molar-refractivity contribution in [2.24, 2.45) is 0 Å². The van der Waals surface area contributed by atoms with E-state index in [0.29, 0.717) is 26.2 Å². The van der Waals surface area contributed by atoms with Gasteiger partial charge < -0.3 is 14.5 Å². The Hall–Kier alpha value is -1.76. The van der Waals surface area contributed by atoms with Crippen LogP contribution in [-0.2, 0) is 14.3 Å². The lowest BCUT2D eigenvalue weighted by Crippen LogP contribution is -2.20. The van der Waals surface area contributed by atoms with E-state index in [1.165, 1.54) is 12.1 Å². The highest BCUT2D eigenvalue weighted by atomic mass is 79.9. The van der Waals surface area contributed by atoms with Gasteiger partial charge in [0.15, 0.2) is 11.3 Å². The summed E-state index contributed by atoms with van der Waals surface area (Å²) in [6.45, 7) is -0.440. The van der Waals surface area contributed by atoms with Gasteiger partial charge in [0.2, 0.25) is 0 Å². The van der Waals surface area contributed by atoms with Crippen LogP contribution in [-0.4, -0.2) is 18.5 Å². The van der Waals surface area contributed by atoms with Crippen LogP contribution < -0.4 is 5.32 Å². The van der Waals surface area contributed by atoms with Crippen molar-refractivity contribution in [1.29, 1.82) is 0 Å². The van der Waals surface area contributed by atoms with Gasteiger partial charge in [0.25, 0.3) is 5.91 Å². The van der Waals surface area contributed by atoms with Gasteiger partial charge in [-0.1, -0.05) is 23.2 Å². The van der Waals surface area contributed by atoms with Crippen LogP contribution in [0.2, 0.25) is 10.0 Å². The first-order valence-electron chi connectivity index (χ1n) is 6.29. The Bertz CT molecular complexity index is 758. The summed E-state index contributed by atoms with van der Waals surface area (Å²) in [4.78, 5) is 23.2. The van der Waals surface area contributed by atoms with Gasteiger partial charge >= 0.3 is 5.97 Å². The smallest absolute Gasteiger partial charge is 0.331 e. The minimum atomic E-state index is -0.671. The summed E-state index contributed by atoms with van der Waals surface area (Å²) < 4.78 is 10.5. The van der Waals surface area contributed by atoms with E-state index in [9.17, 15) is 9.59 Å². The van der Waals surface area contributed by atoms with Gasteiger partial charge in [0.05, 0.1) is 10.7 Å². The molecule has 1 heterocycles. The van der Waals surface area contributed by atoms with Crippen LogP contribution in [0.5, 0.6) is 0 Å². The fourth-order valence-corrected chi connectivity index (χ4v) is 2.30. The van der Waals surface area contributed by atoms with Crippen LogP contribution in [0, 0.1) is 0 Å². The number of rotatable bonds is 5. The van der Waals surface area contributed by atoms with E-state index in [0.717, 1.165) is 6.08 Å². The molecule has 1 N–H and O–H groups in total. The number of hydrogen-bond acceptors (Lipinski definition) is 4. The fourth-order valence-electron chi connectivity index (χ4n) is 1.53. The van der Waals surface area contributed by atoms with Crippen LogP contribution in [0.1, 0.15) is 5.76 Å². The number of nitrogens with one attached hydrogen (secondary N) is 1. The van der Waals surface area contributed by atoms with E-state index in [4.69, 9.17) is 32.4 Å². The Balaban J connectivity index is 1.81. The Labute approximate surface area is 150 Å². The minimum Gasteiger partial charge on any atom is -0.452 e. The molecular weight excluding hydrogens is 409 g/mol. The highest BCUT2D eigenvalue weighted by Crippen LogP contribution is 2.25. The van der Waals surface area contributed by atoms with Crippen molar-refractivity contribution in [2.75, 3.05) is 11.9 Å². The molecule has 0 bridgehead atoms. The van der Waals surface area contributed by atoms with Gasteiger partial charge in [-0.15, -0.1) is 0 Å². The molecule has 1 aromatic carbocycles. The Kier molecular flexibility index (Phi) is 6.27. The van der Waals surface area contributed by atoms with Crippen LogP contribution in [0.15, 0.2) is 45.5 Å². The molecule has 0 unspecified atom stereocenters. The van der Waals surface area contributed by atoms with Crippen molar-refractivity contribution in [3.63, 3.8) is 0 Å². The predicted octanol–water partition coefficient (Wildman–Crippen LogP) is 4.54. The van der Waals surface area contributed by atoms with Gasteiger partial charge in [0.1, 0.15) is 5.76 Å². The number of carbonyl (C=O) groups is 2. The van der Waals surface area contributed by atoms with Crippen LogP contribution >= 0.6 is 39.1 Å². The van der Waals surface area contributed by atoms with Crippen molar-refractivity contribution in [3.8, 4) is 0 Å². The lowest BCUT2D eigenvalue weighted by molar-refractivity contribution is -0.142. The van der Waals surface area contributed by atoms with Crippen molar-refractivity contribution in [2.45, 2.75) is 0 Å². The van der Waals surface area contributed by atoms with E-state index >= 15 is 0 Å². The van der Waals surface area contributed by atoms with Crippen molar-refractivity contribution in [1.82, 2.24) is 0 Å². The van der Waals surface area contributed by atoms with Crippen LogP contribution in [0.25, 0.3) is 6.08 Å². The van der Waals surface area contributed by atoms with E-state index in [-0.39, 0.29) is 0 Å². The first-order chi connectivity index (χ1) is 10.9. The number of esters is 1. The van der Waals surface area contributed by atoms with Crippen LogP contribution in [0.3, 0.4) is 0 Å². The first kappa shape index (κ1) is 17.6. The molecule has 0 aliphatic heterocycles. The molecule has 0 atom stereocenters. The Morgan fingerprint density at radius 1 is 1.26 bits per heavy atom. The molecule has 0 spiro atoms. The first-order valence-corrected chi connectivity index (χ1v) is 7.84. The molecule has 0 saturated carbocycles.